The van der Waals surface area contributed by atoms with Gasteiger partial charge in [-0.25, -0.2) is 0 Å². The minimum atomic E-state index is -0.474. The van der Waals surface area contributed by atoms with Crippen LogP contribution in [0.5, 0.6) is 0 Å². The molecule has 0 amide bonds. The van der Waals surface area contributed by atoms with Crippen molar-refractivity contribution in [2.75, 3.05) is 0 Å². The number of hydrogen-bond acceptors (Lipinski definition) is 10. The Hall–Kier alpha value is -1.44. The SMILES string of the molecule is C=C(CCC)OO[C@H]1CC[C@@]2(C)C(=C[C@H](O)C3C2CC[C@@]2(C)C3C[C@@H](Br)[C@@H]2OC(=O)CC)C1.C=C(CCC)OO[C@H]1CC[C@@]2(C)C(C1)C[C@H](O)C1C2CC[C@@]2(C)C1C[C@@H](Br)[C@@H]2OC(=O)CC. The number of carbonyl (C=O) groups excluding carboxylic acids is 2. The zero-order valence-electron chi connectivity index (χ0n) is 41.5. The predicted molar refractivity (Wildman–Crippen MR) is 263 cm³/mol. The number of aliphatic hydroxyl groups is 2. The average Bonchev–Trinajstić information content (AvgIpc) is 3.68. The summed E-state index contributed by atoms with van der Waals surface area (Å²) in [4.78, 5) is 47.1. The summed E-state index contributed by atoms with van der Waals surface area (Å²) in [5, 5.41) is 22.9. The third-order valence-electron chi connectivity index (χ3n) is 19.3. The third-order valence-corrected chi connectivity index (χ3v) is 21.0. The van der Waals surface area contributed by atoms with Crippen molar-refractivity contribution >= 4 is 43.8 Å². The largest absolute Gasteiger partial charge is 0.461 e. The van der Waals surface area contributed by atoms with Crippen molar-refractivity contribution in [3.05, 3.63) is 36.3 Å². The second-order valence-corrected chi connectivity index (χ2v) is 25.4. The van der Waals surface area contributed by atoms with E-state index >= 15 is 0 Å². The molecule has 0 radical (unpaired) electrons. The number of rotatable bonds is 14. The average molecular weight is 1050 g/mol. The first-order chi connectivity index (χ1) is 31.3. The molecule has 19 atom stereocenters. The monoisotopic (exact) mass is 1050 g/mol. The fourth-order valence-electron chi connectivity index (χ4n) is 15.6. The molecule has 0 aliphatic heterocycles. The first-order valence-electron chi connectivity index (χ1n) is 26.0. The van der Waals surface area contributed by atoms with Crippen LogP contribution in [0.1, 0.15) is 177 Å². The van der Waals surface area contributed by atoms with Gasteiger partial charge in [0.25, 0.3) is 0 Å². The Labute approximate surface area is 413 Å². The molecule has 374 valence electrons. The molecule has 0 aromatic carbocycles. The fourth-order valence-corrected chi connectivity index (χ4v) is 17.8. The molecule has 0 aromatic heterocycles. The summed E-state index contributed by atoms with van der Waals surface area (Å²) in [5.41, 5.74) is 1.44. The van der Waals surface area contributed by atoms with Gasteiger partial charge in [0.1, 0.15) is 35.9 Å². The van der Waals surface area contributed by atoms with Gasteiger partial charge >= 0.3 is 11.9 Å². The molecule has 7 fully saturated rings. The van der Waals surface area contributed by atoms with Gasteiger partial charge in [0.05, 0.1) is 21.9 Å². The Kier molecular flexibility index (Phi) is 16.8. The van der Waals surface area contributed by atoms with E-state index in [1.807, 2.05) is 13.8 Å². The molecule has 8 aliphatic carbocycles. The van der Waals surface area contributed by atoms with Gasteiger partial charge in [0.2, 0.25) is 0 Å². The molecular formula is C54H84Br2O10. The zero-order valence-corrected chi connectivity index (χ0v) is 44.7. The third kappa shape index (κ3) is 9.92. The van der Waals surface area contributed by atoms with Gasteiger partial charge in [-0.2, -0.15) is 9.78 Å². The number of halogens is 2. The van der Waals surface area contributed by atoms with Gasteiger partial charge in [0, 0.05) is 36.5 Å². The van der Waals surface area contributed by atoms with E-state index in [1.165, 1.54) is 5.57 Å². The van der Waals surface area contributed by atoms with E-state index in [4.69, 9.17) is 29.0 Å². The van der Waals surface area contributed by atoms with Gasteiger partial charge in [-0.05, 0) is 149 Å². The van der Waals surface area contributed by atoms with E-state index in [2.05, 4.69) is 92.6 Å². The standard InChI is InChI=1S/C27H43BrO5.C27H41BrO5/c2*1-6-8-16(3)32-33-18-9-11-26(4)17(13-18)14-22(29)24-19(26)10-12-27(5)20(24)15-21(28)25(27)31-23(30)7-2/h17-22,24-25,29H,3,6-15H2,1-2,4-5H3;14,18-22,24-25,29H,3,6-13,15H2,1-2,4-5H3/t17?,18-,19?,20?,21+,22-,24?,25-,26-,27-;18-,19?,20?,21+,22-,24?,25-,26-,27-/m00/s1. The molecule has 2 N–H and O–H groups in total. The molecule has 12 heteroatoms. The van der Waals surface area contributed by atoms with Crippen LogP contribution in [-0.4, -0.2) is 68.4 Å². The highest BCUT2D eigenvalue weighted by Crippen LogP contribution is 2.68. The van der Waals surface area contributed by atoms with Crippen LogP contribution >= 0.6 is 31.9 Å². The molecule has 0 saturated heterocycles. The predicted octanol–water partition coefficient (Wildman–Crippen LogP) is 12.6. The lowest BCUT2D eigenvalue weighted by atomic mass is 9.44. The summed E-state index contributed by atoms with van der Waals surface area (Å²) in [7, 11) is 0. The Morgan fingerprint density at radius 3 is 1.70 bits per heavy atom. The molecule has 10 nitrogen and oxygen atoms in total. The van der Waals surface area contributed by atoms with Crippen LogP contribution < -0.4 is 0 Å². The van der Waals surface area contributed by atoms with Gasteiger partial charge in [-0.1, -0.05) is 112 Å². The molecule has 0 spiro atoms. The van der Waals surface area contributed by atoms with Crippen molar-refractivity contribution in [3.63, 3.8) is 0 Å². The minimum absolute atomic E-state index is 0.00627. The van der Waals surface area contributed by atoms with Gasteiger partial charge < -0.3 is 29.5 Å². The number of carbonyl (C=O) groups is 2. The molecule has 0 heterocycles. The quantitative estimate of drug-likeness (QED) is 0.0433. The van der Waals surface area contributed by atoms with E-state index in [0.29, 0.717) is 53.9 Å². The van der Waals surface area contributed by atoms with Crippen LogP contribution in [-0.2, 0) is 38.6 Å². The zero-order chi connectivity index (χ0) is 47.9. The number of alkyl halides is 2. The second-order valence-electron chi connectivity index (χ2n) is 23.0. The number of aliphatic hydroxyl groups excluding tert-OH is 2. The number of fused-ring (bicyclic) bond motifs is 10. The molecule has 0 aromatic rings. The normalized spacial score (nSPS) is 45.4. The number of esters is 2. The van der Waals surface area contributed by atoms with Crippen LogP contribution in [0.2, 0.25) is 0 Å². The second kappa shape index (κ2) is 21.1. The molecule has 8 aliphatic rings. The van der Waals surface area contributed by atoms with Gasteiger partial charge in [0.15, 0.2) is 0 Å². The van der Waals surface area contributed by atoms with Crippen LogP contribution in [0.15, 0.2) is 36.3 Å². The summed E-state index contributed by atoms with van der Waals surface area (Å²) in [5.74, 6) is 3.67. The first kappa shape index (κ1) is 52.4. The molecule has 7 saturated carbocycles. The van der Waals surface area contributed by atoms with E-state index < -0.39 is 6.10 Å². The van der Waals surface area contributed by atoms with E-state index in [-0.39, 0.29) is 85.6 Å². The molecule has 0 bridgehead atoms. The highest BCUT2D eigenvalue weighted by Gasteiger charge is 2.66. The summed E-state index contributed by atoms with van der Waals surface area (Å²) in [6.45, 7) is 25.2. The van der Waals surface area contributed by atoms with Crippen molar-refractivity contribution < 1.29 is 48.8 Å². The highest BCUT2D eigenvalue weighted by atomic mass is 79.9. The van der Waals surface area contributed by atoms with Crippen LogP contribution in [0.25, 0.3) is 0 Å². The lowest BCUT2D eigenvalue weighted by Crippen LogP contribution is -2.59. The van der Waals surface area contributed by atoms with Crippen LogP contribution in [0.4, 0.5) is 0 Å². The van der Waals surface area contributed by atoms with Crippen LogP contribution in [0.3, 0.4) is 0 Å². The Bertz CT molecular complexity index is 1790. The summed E-state index contributed by atoms with van der Waals surface area (Å²) in [6.07, 6.45) is 18.4. The van der Waals surface area contributed by atoms with E-state index in [0.717, 1.165) is 109 Å². The molecular weight excluding hydrogens is 968 g/mol. The highest BCUT2D eigenvalue weighted by molar-refractivity contribution is 9.09. The summed E-state index contributed by atoms with van der Waals surface area (Å²) < 4.78 is 11.9. The minimum Gasteiger partial charge on any atom is -0.461 e. The topological polar surface area (TPSA) is 130 Å². The van der Waals surface area contributed by atoms with Crippen molar-refractivity contribution in [3.8, 4) is 0 Å². The first-order valence-corrected chi connectivity index (χ1v) is 27.9. The molecule has 66 heavy (non-hydrogen) atoms. The lowest BCUT2D eigenvalue weighted by Gasteiger charge is -2.62. The van der Waals surface area contributed by atoms with Crippen molar-refractivity contribution in [1.82, 2.24) is 0 Å². The Morgan fingerprint density at radius 1 is 0.652 bits per heavy atom. The number of ether oxygens (including phenoxy) is 2. The van der Waals surface area contributed by atoms with E-state index in [1.54, 1.807) is 0 Å². The Balaban J connectivity index is 0.000000196. The van der Waals surface area contributed by atoms with Crippen molar-refractivity contribution in [2.45, 2.75) is 224 Å². The maximum atomic E-state index is 12.2. The summed E-state index contributed by atoms with van der Waals surface area (Å²) >= 11 is 7.70. The van der Waals surface area contributed by atoms with Crippen molar-refractivity contribution in [2.24, 2.45) is 63.1 Å². The fraction of sp³-hybridized carbons (Fsp3) is 0.852. The van der Waals surface area contributed by atoms with Crippen molar-refractivity contribution in [1.29, 1.82) is 0 Å². The molecule has 8 rings (SSSR count). The maximum absolute atomic E-state index is 12.2. The summed E-state index contributed by atoms with van der Waals surface area (Å²) in [6, 6.07) is 0. The van der Waals surface area contributed by atoms with Gasteiger partial charge in [-0.15, -0.1) is 0 Å². The Morgan fingerprint density at radius 2 is 1.15 bits per heavy atom. The van der Waals surface area contributed by atoms with Gasteiger partial charge in [-0.3, -0.25) is 9.59 Å². The number of hydrogen-bond donors (Lipinski definition) is 2. The molecule has 7 unspecified atom stereocenters. The van der Waals surface area contributed by atoms with Crippen LogP contribution in [0, 0.1) is 63.1 Å². The maximum Gasteiger partial charge on any atom is 0.305 e. The van der Waals surface area contributed by atoms with E-state index in [9.17, 15) is 19.8 Å². The number of allylic oxidation sites excluding steroid dienone is 2. The smallest absolute Gasteiger partial charge is 0.305 e. The lowest BCUT2D eigenvalue weighted by molar-refractivity contribution is -0.313.